The maximum atomic E-state index is 3.44. The van der Waals surface area contributed by atoms with Gasteiger partial charge in [-0.05, 0) is 54.4 Å². The summed E-state index contributed by atoms with van der Waals surface area (Å²) in [5, 5.41) is 7.81. The highest BCUT2D eigenvalue weighted by molar-refractivity contribution is 7.11. The summed E-state index contributed by atoms with van der Waals surface area (Å²) in [6, 6.07) is 4.81. The Bertz CT molecular complexity index is 456. The third-order valence-electron chi connectivity index (χ3n) is 2.88. The Morgan fingerprint density at radius 2 is 1.88 bits per heavy atom. The van der Waals surface area contributed by atoms with Crippen LogP contribution in [0.4, 0.5) is 0 Å². The van der Waals surface area contributed by atoms with Gasteiger partial charge in [-0.15, -0.1) is 22.7 Å². The first-order chi connectivity index (χ1) is 7.77. The molecule has 2 heterocycles. The zero-order valence-corrected chi connectivity index (χ0v) is 11.5. The van der Waals surface area contributed by atoms with Crippen molar-refractivity contribution in [2.24, 2.45) is 0 Å². The van der Waals surface area contributed by atoms with E-state index in [-0.39, 0.29) is 0 Å². The van der Waals surface area contributed by atoms with Gasteiger partial charge in [-0.25, -0.2) is 0 Å². The van der Waals surface area contributed by atoms with Gasteiger partial charge in [0, 0.05) is 9.75 Å². The lowest BCUT2D eigenvalue weighted by molar-refractivity contribution is 0.706. The largest absolute Gasteiger partial charge is 0.308 e. The molecule has 2 aromatic rings. The van der Waals surface area contributed by atoms with Gasteiger partial charge in [0.15, 0.2) is 0 Å². The van der Waals surface area contributed by atoms with Crippen molar-refractivity contribution in [1.82, 2.24) is 5.32 Å². The van der Waals surface area contributed by atoms with Crippen molar-refractivity contribution >= 4 is 22.7 Å². The van der Waals surface area contributed by atoms with Crippen molar-refractivity contribution < 1.29 is 0 Å². The molecule has 0 spiro atoms. The van der Waals surface area contributed by atoms with Crippen LogP contribution in [0.3, 0.4) is 0 Å². The van der Waals surface area contributed by atoms with E-state index in [1.54, 1.807) is 0 Å². The Hall–Kier alpha value is -0.640. The van der Waals surface area contributed by atoms with Crippen molar-refractivity contribution in [2.75, 3.05) is 7.05 Å². The molecule has 0 saturated carbocycles. The maximum Gasteiger partial charge on any atom is 0.0767 e. The summed E-state index contributed by atoms with van der Waals surface area (Å²) in [7, 11) is 2.04. The lowest BCUT2D eigenvalue weighted by Gasteiger charge is -2.16. The standard InChI is InChI=1S/C13H17NS2/c1-4-10-6-8-16-13(10)11(14-3)12-9(2)5-7-15-12/h5-8,11,14H,4H2,1-3H3. The van der Waals surface area contributed by atoms with E-state index >= 15 is 0 Å². The molecule has 16 heavy (non-hydrogen) atoms. The molecule has 0 bridgehead atoms. The Morgan fingerprint density at radius 3 is 2.44 bits per heavy atom. The highest BCUT2D eigenvalue weighted by Crippen LogP contribution is 2.34. The van der Waals surface area contributed by atoms with Gasteiger partial charge >= 0.3 is 0 Å². The van der Waals surface area contributed by atoms with Crippen molar-refractivity contribution in [3.63, 3.8) is 0 Å². The Labute approximate surface area is 105 Å². The lowest BCUT2D eigenvalue weighted by atomic mass is 10.1. The predicted molar refractivity (Wildman–Crippen MR) is 73.7 cm³/mol. The van der Waals surface area contributed by atoms with Gasteiger partial charge in [0.1, 0.15) is 0 Å². The van der Waals surface area contributed by atoms with Crippen LogP contribution in [0, 0.1) is 6.92 Å². The minimum atomic E-state index is 0.370. The van der Waals surface area contributed by atoms with Crippen LogP contribution in [-0.4, -0.2) is 7.05 Å². The maximum absolute atomic E-state index is 3.44. The second kappa shape index (κ2) is 5.13. The van der Waals surface area contributed by atoms with Gasteiger partial charge in [-0.2, -0.15) is 0 Å². The van der Waals surface area contributed by atoms with E-state index in [2.05, 4.69) is 42.1 Å². The average molecular weight is 251 g/mol. The van der Waals surface area contributed by atoms with E-state index in [1.807, 2.05) is 29.7 Å². The van der Waals surface area contributed by atoms with Gasteiger partial charge in [0.05, 0.1) is 6.04 Å². The van der Waals surface area contributed by atoms with E-state index in [4.69, 9.17) is 0 Å². The zero-order chi connectivity index (χ0) is 11.5. The molecular weight excluding hydrogens is 234 g/mol. The second-order valence-electron chi connectivity index (χ2n) is 3.85. The summed E-state index contributed by atoms with van der Waals surface area (Å²) in [4.78, 5) is 2.91. The fourth-order valence-electron chi connectivity index (χ4n) is 1.95. The SMILES string of the molecule is CCc1ccsc1C(NC)c1sccc1C. The molecule has 0 saturated heterocycles. The number of thiophene rings is 2. The number of rotatable bonds is 4. The molecule has 0 aliphatic carbocycles. The van der Waals surface area contributed by atoms with Crippen LogP contribution in [0.25, 0.3) is 0 Å². The zero-order valence-electron chi connectivity index (χ0n) is 9.91. The fraction of sp³-hybridized carbons (Fsp3) is 0.385. The molecule has 3 heteroatoms. The highest BCUT2D eigenvalue weighted by atomic mass is 32.1. The molecular formula is C13H17NS2. The smallest absolute Gasteiger partial charge is 0.0767 e. The average Bonchev–Trinajstić information content (AvgIpc) is 2.90. The molecule has 2 rings (SSSR count). The van der Waals surface area contributed by atoms with Gasteiger partial charge in [0.25, 0.3) is 0 Å². The first kappa shape index (κ1) is 11.8. The van der Waals surface area contributed by atoms with E-state index < -0.39 is 0 Å². The summed E-state index contributed by atoms with van der Waals surface area (Å²) in [6.45, 7) is 4.41. The van der Waals surface area contributed by atoms with E-state index in [0.29, 0.717) is 6.04 Å². The Balaban J connectivity index is 2.40. The second-order valence-corrected chi connectivity index (χ2v) is 5.75. The topological polar surface area (TPSA) is 12.0 Å². The van der Waals surface area contributed by atoms with Crippen molar-refractivity contribution in [1.29, 1.82) is 0 Å². The molecule has 1 N–H and O–H groups in total. The van der Waals surface area contributed by atoms with Crippen LogP contribution in [0.5, 0.6) is 0 Å². The minimum Gasteiger partial charge on any atom is -0.308 e. The quantitative estimate of drug-likeness (QED) is 0.866. The Kier molecular flexibility index (Phi) is 3.79. The van der Waals surface area contributed by atoms with Crippen LogP contribution in [0.1, 0.15) is 33.8 Å². The Morgan fingerprint density at radius 1 is 1.19 bits per heavy atom. The molecule has 2 aromatic heterocycles. The molecule has 0 aromatic carbocycles. The molecule has 0 radical (unpaired) electrons. The third-order valence-corrected chi connectivity index (χ3v) is 4.98. The molecule has 1 nitrogen and oxygen atoms in total. The number of aryl methyl sites for hydroxylation is 2. The van der Waals surface area contributed by atoms with Crippen LogP contribution in [-0.2, 0) is 6.42 Å². The summed E-state index contributed by atoms with van der Waals surface area (Å²) in [5.41, 5.74) is 2.86. The lowest BCUT2D eigenvalue weighted by Crippen LogP contribution is -2.17. The van der Waals surface area contributed by atoms with E-state index in [9.17, 15) is 0 Å². The van der Waals surface area contributed by atoms with Crippen molar-refractivity contribution in [3.05, 3.63) is 43.8 Å². The highest BCUT2D eigenvalue weighted by Gasteiger charge is 2.19. The van der Waals surface area contributed by atoms with E-state index in [0.717, 1.165) is 6.42 Å². The van der Waals surface area contributed by atoms with Crippen molar-refractivity contribution in [3.8, 4) is 0 Å². The van der Waals surface area contributed by atoms with Crippen molar-refractivity contribution in [2.45, 2.75) is 26.3 Å². The molecule has 0 amide bonds. The van der Waals surface area contributed by atoms with Crippen LogP contribution in [0.2, 0.25) is 0 Å². The van der Waals surface area contributed by atoms with Crippen LogP contribution in [0.15, 0.2) is 22.9 Å². The molecule has 0 aliphatic rings. The normalized spacial score (nSPS) is 12.9. The molecule has 0 fully saturated rings. The summed E-state index contributed by atoms with van der Waals surface area (Å²) in [6.07, 6.45) is 1.11. The summed E-state index contributed by atoms with van der Waals surface area (Å²) >= 11 is 3.70. The first-order valence-electron chi connectivity index (χ1n) is 5.55. The molecule has 1 unspecified atom stereocenters. The number of hydrogen-bond acceptors (Lipinski definition) is 3. The summed E-state index contributed by atoms with van der Waals surface area (Å²) in [5.74, 6) is 0. The third kappa shape index (κ3) is 2.08. The predicted octanol–water partition coefficient (Wildman–Crippen LogP) is 3.99. The monoisotopic (exact) mass is 251 g/mol. The van der Waals surface area contributed by atoms with Gasteiger partial charge < -0.3 is 5.32 Å². The molecule has 0 aliphatic heterocycles. The van der Waals surface area contributed by atoms with Gasteiger partial charge in [0.2, 0.25) is 0 Å². The fourth-order valence-corrected chi connectivity index (χ4v) is 4.19. The van der Waals surface area contributed by atoms with E-state index in [1.165, 1.54) is 20.9 Å². The number of hydrogen-bond donors (Lipinski definition) is 1. The van der Waals surface area contributed by atoms with Crippen LogP contribution < -0.4 is 5.32 Å². The molecule has 86 valence electrons. The first-order valence-corrected chi connectivity index (χ1v) is 7.31. The number of nitrogens with one attached hydrogen (secondary N) is 1. The van der Waals surface area contributed by atoms with Gasteiger partial charge in [-0.1, -0.05) is 6.92 Å². The minimum absolute atomic E-state index is 0.370. The molecule has 1 atom stereocenters. The summed E-state index contributed by atoms with van der Waals surface area (Å²) < 4.78 is 0. The van der Waals surface area contributed by atoms with Crippen LogP contribution >= 0.6 is 22.7 Å². The van der Waals surface area contributed by atoms with Gasteiger partial charge in [-0.3, -0.25) is 0 Å².